The molecule has 1 aromatic heterocycles. The van der Waals surface area contributed by atoms with Gasteiger partial charge in [-0.1, -0.05) is 20.3 Å². The lowest BCUT2D eigenvalue weighted by Gasteiger charge is -2.08. The van der Waals surface area contributed by atoms with E-state index in [9.17, 15) is 19.8 Å². The molecule has 3 rings (SSSR count). The van der Waals surface area contributed by atoms with Crippen molar-refractivity contribution >= 4 is 34.1 Å². The average Bonchev–Trinajstić information content (AvgIpc) is 3.06. The molecule has 0 fully saturated rings. The minimum atomic E-state index is -0.458. The number of carbonyl (C=O) groups is 2. The Morgan fingerprint density at radius 1 is 1.07 bits per heavy atom. The molecule has 30 heavy (non-hydrogen) atoms. The highest BCUT2D eigenvalue weighted by atomic mass is 16.5. The number of unbranched alkanes of at least 4 members (excludes halogenated alkanes) is 1. The van der Waals surface area contributed by atoms with Crippen LogP contribution in [0.2, 0.25) is 0 Å². The maximum absolute atomic E-state index is 13.2. The summed E-state index contributed by atoms with van der Waals surface area (Å²) < 4.78 is 11.0. The summed E-state index contributed by atoms with van der Waals surface area (Å²) in [5, 5.41) is 20.5. The third kappa shape index (κ3) is 3.89. The number of hydrogen-bond donors (Lipinski definition) is 4. The monoisotopic (exact) mass is 412 g/mol. The van der Waals surface area contributed by atoms with Crippen LogP contribution >= 0.6 is 0 Å². The van der Waals surface area contributed by atoms with Gasteiger partial charge in [-0.3, -0.25) is 9.59 Å². The van der Waals surface area contributed by atoms with Gasteiger partial charge in [0, 0.05) is 29.9 Å². The van der Waals surface area contributed by atoms with E-state index in [0.29, 0.717) is 29.6 Å². The predicted octanol–water partition coefficient (Wildman–Crippen LogP) is 3.90. The molecule has 8 nitrogen and oxygen atoms in total. The number of ether oxygens (including phenoxy) is 1. The molecule has 6 N–H and O–H groups in total. The van der Waals surface area contributed by atoms with Crippen LogP contribution in [0, 0.1) is 0 Å². The number of esters is 1. The first-order valence-electron chi connectivity index (χ1n) is 9.68. The van der Waals surface area contributed by atoms with Crippen molar-refractivity contribution in [1.82, 2.24) is 0 Å². The number of nitrogen functional groups attached to an aromatic ring is 2. The van der Waals surface area contributed by atoms with E-state index in [4.69, 9.17) is 20.6 Å². The predicted molar refractivity (Wildman–Crippen MR) is 113 cm³/mol. The number of benzene rings is 2. The van der Waals surface area contributed by atoms with Gasteiger partial charge in [0.2, 0.25) is 0 Å². The molecule has 0 aliphatic heterocycles. The molecule has 0 radical (unpaired) electrons. The summed E-state index contributed by atoms with van der Waals surface area (Å²) >= 11 is 0. The summed E-state index contributed by atoms with van der Waals surface area (Å²) in [5.41, 5.74) is 12.1. The minimum absolute atomic E-state index is 0.0201. The van der Waals surface area contributed by atoms with Gasteiger partial charge in [0.15, 0.2) is 23.0 Å². The lowest BCUT2D eigenvalue weighted by Crippen LogP contribution is -2.07. The zero-order valence-electron chi connectivity index (χ0n) is 16.8. The third-order valence-corrected chi connectivity index (χ3v) is 4.78. The van der Waals surface area contributed by atoms with Gasteiger partial charge >= 0.3 is 5.97 Å². The van der Waals surface area contributed by atoms with Gasteiger partial charge in [-0.05, 0) is 24.6 Å². The van der Waals surface area contributed by atoms with Gasteiger partial charge in [-0.15, -0.1) is 0 Å². The number of hydrogen-bond acceptors (Lipinski definition) is 8. The summed E-state index contributed by atoms with van der Waals surface area (Å²) in [4.78, 5) is 25.1. The molecule has 0 saturated heterocycles. The SMILES string of the molecule is CCCCC(=O)Oc1cc2oc(CC)c(C(=O)c3cc(N)c(O)c(N)c3)c2cc1O. The molecular weight excluding hydrogens is 388 g/mol. The Hall–Kier alpha value is -3.68. The zero-order chi connectivity index (χ0) is 22.0. The Bertz CT molecular complexity index is 1110. The molecule has 0 atom stereocenters. The highest BCUT2D eigenvalue weighted by Crippen LogP contribution is 2.38. The van der Waals surface area contributed by atoms with E-state index in [0.717, 1.165) is 6.42 Å². The first-order valence-corrected chi connectivity index (χ1v) is 9.68. The number of aryl methyl sites for hydroxylation is 1. The van der Waals surface area contributed by atoms with Crippen molar-refractivity contribution in [2.24, 2.45) is 0 Å². The van der Waals surface area contributed by atoms with E-state index in [-0.39, 0.29) is 46.2 Å². The van der Waals surface area contributed by atoms with Gasteiger partial charge in [0.1, 0.15) is 11.3 Å². The summed E-state index contributed by atoms with van der Waals surface area (Å²) in [7, 11) is 0. The maximum atomic E-state index is 13.2. The smallest absolute Gasteiger partial charge is 0.311 e. The number of furan rings is 1. The minimum Gasteiger partial charge on any atom is -0.504 e. The number of anilines is 2. The number of aromatic hydroxyl groups is 2. The van der Waals surface area contributed by atoms with Crippen LogP contribution in [-0.2, 0) is 11.2 Å². The number of ketones is 1. The first-order chi connectivity index (χ1) is 14.3. The summed E-state index contributed by atoms with van der Waals surface area (Å²) in [5.74, 6) is -1.08. The second-order valence-corrected chi connectivity index (χ2v) is 6.98. The Morgan fingerprint density at radius 2 is 1.73 bits per heavy atom. The van der Waals surface area contributed by atoms with Crippen LogP contribution in [0.15, 0.2) is 28.7 Å². The van der Waals surface area contributed by atoms with E-state index in [1.807, 2.05) is 13.8 Å². The highest BCUT2D eigenvalue weighted by molar-refractivity contribution is 6.18. The van der Waals surface area contributed by atoms with Crippen LogP contribution in [-0.4, -0.2) is 22.0 Å². The lowest BCUT2D eigenvalue weighted by atomic mass is 9.98. The van der Waals surface area contributed by atoms with Crippen LogP contribution in [0.4, 0.5) is 11.4 Å². The molecule has 0 spiro atoms. The zero-order valence-corrected chi connectivity index (χ0v) is 16.8. The van der Waals surface area contributed by atoms with E-state index in [1.54, 1.807) is 0 Å². The molecule has 2 aromatic carbocycles. The molecule has 0 amide bonds. The summed E-state index contributed by atoms with van der Waals surface area (Å²) in [6.07, 6.45) is 2.17. The molecular formula is C22H24N2O6. The average molecular weight is 412 g/mol. The normalized spacial score (nSPS) is 11.0. The quantitative estimate of drug-likeness (QED) is 0.150. The number of nitrogens with two attached hydrogens (primary N) is 2. The Labute approximate surface area is 173 Å². The molecule has 0 aliphatic carbocycles. The second kappa shape index (κ2) is 8.36. The van der Waals surface area contributed by atoms with E-state index in [1.165, 1.54) is 24.3 Å². The Balaban J connectivity index is 2.06. The fourth-order valence-corrected chi connectivity index (χ4v) is 3.19. The van der Waals surface area contributed by atoms with Crippen LogP contribution in [0.3, 0.4) is 0 Å². The largest absolute Gasteiger partial charge is 0.504 e. The fourth-order valence-electron chi connectivity index (χ4n) is 3.19. The van der Waals surface area contributed by atoms with Crippen molar-refractivity contribution in [3.8, 4) is 17.2 Å². The molecule has 0 saturated carbocycles. The maximum Gasteiger partial charge on any atom is 0.311 e. The van der Waals surface area contributed by atoms with Gasteiger partial charge in [0.05, 0.1) is 16.9 Å². The van der Waals surface area contributed by atoms with Crippen molar-refractivity contribution in [1.29, 1.82) is 0 Å². The van der Waals surface area contributed by atoms with E-state index >= 15 is 0 Å². The number of rotatable bonds is 7. The summed E-state index contributed by atoms with van der Waals surface area (Å²) in [6.45, 7) is 3.78. The third-order valence-electron chi connectivity index (χ3n) is 4.78. The number of carbonyl (C=O) groups excluding carboxylic acids is 2. The molecule has 158 valence electrons. The van der Waals surface area contributed by atoms with Gasteiger partial charge < -0.3 is 30.8 Å². The Kier molecular flexibility index (Phi) is 5.86. The molecule has 1 heterocycles. The molecule has 8 heteroatoms. The summed E-state index contributed by atoms with van der Waals surface area (Å²) in [6, 6.07) is 5.39. The van der Waals surface area contributed by atoms with Crippen molar-refractivity contribution < 1.29 is 29.0 Å². The number of phenolic OH excluding ortho intramolecular Hbond substituents is 2. The molecule has 3 aromatic rings. The van der Waals surface area contributed by atoms with Crippen molar-refractivity contribution in [2.75, 3.05) is 11.5 Å². The number of phenols is 2. The molecule has 0 unspecified atom stereocenters. The van der Waals surface area contributed by atoms with Crippen molar-refractivity contribution in [3.05, 3.63) is 41.2 Å². The van der Waals surface area contributed by atoms with Gasteiger partial charge in [-0.2, -0.15) is 0 Å². The van der Waals surface area contributed by atoms with Gasteiger partial charge in [0.25, 0.3) is 0 Å². The van der Waals surface area contributed by atoms with Crippen molar-refractivity contribution in [2.45, 2.75) is 39.5 Å². The van der Waals surface area contributed by atoms with Crippen LogP contribution in [0.25, 0.3) is 11.0 Å². The topological polar surface area (TPSA) is 149 Å². The van der Waals surface area contributed by atoms with Crippen molar-refractivity contribution in [3.63, 3.8) is 0 Å². The standard InChI is InChI=1S/C22H24N2O6/c1-3-5-6-19(26)30-18-10-17-12(9-15(18)25)20(16(4-2)29-17)21(27)11-7-13(23)22(28)14(24)8-11/h7-10,25,28H,3-6,23-24H2,1-2H3. The first kappa shape index (κ1) is 21.0. The van der Waals surface area contributed by atoms with Crippen LogP contribution in [0.1, 0.15) is 54.8 Å². The second-order valence-electron chi connectivity index (χ2n) is 6.98. The van der Waals surface area contributed by atoms with E-state index in [2.05, 4.69) is 0 Å². The Morgan fingerprint density at radius 3 is 2.33 bits per heavy atom. The van der Waals surface area contributed by atoms with Crippen LogP contribution < -0.4 is 16.2 Å². The van der Waals surface area contributed by atoms with Gasteiger partial charge in [-0.25, -0.2) is 0 Å². The molecule has 0 bridgehead atoms. The van der Waals surface area contributed by atoms with E-state index < -0.39 is 11.8 Å². The molecule has 0 aliphatic rings. The van der Waals surface area contributed by atoms with Crippen LogP contribution in [0.5, 0.6) is 17.2 Å². The fraction of sp³-hybridized carbons (Fsp3) is 0.273. The highest BCUT2D eigenvalue weighted by Gasteiger charge is 2.24. The lowest BCUT2D eigenvalue weighted by molar-refractivity contribution is -0.134. The number of fused-ring (bicyclic) bond motifs is 1.